The van der Waals surface area contributed by atoms with Crippen molar-refractivity contribution in [1.82, 2.24) is 9.88 Å². The van der Waals surface area contributed by atoms with Gasteiger partial charge in [-0.25, -0.2) is 4.39 Å². The Morgan fingerprint density at radius 1 is 1.30 bits per heavy atom. The Labute approximate surface area is 135 Å². The number of hydrogen-bond donors (Lipinski definition) is 1. The van der Waals surface area contributed by atoms with Crippen molar-refractivity contribution in [1.29, 1.82) is 5.26 Å². The fourth-order valence-electron chi connectivity index (χ4n) is 3.23. The van der Waals surface area contributed by atoms with Gasteiger partial charge in [-0.05, 0) is 50.6 Å². The molecule has 1 N–H and O–H groups in total. The van der Waals surface area contributed by atoms with Crippen LogP contribution in [0.2, 0.25) is 0 Å². The predicted octanol–water partition coefficient (Wildman–Crippen LogP) is 3.45. The molecule has 1 saturated heterocycles. The van der Waals surface area contributed by atoms with Gasteiger partial charge in [-0.2, -0.15) is 5.26 Å². The number of rotatable bonds is 4. The number of aromatic nitrogens is 1. The number of anilines is 1. The van der Waals surface area contributed by atoms with Crippen LogP contribution in [0.3, 0.4) is 0 Å². The van der Waals surface area contributed by atoms with E-state index in [4.69, 9.17) is 0 Å². The molecule has 0 spiro atoms. The van der Waals surface area contributed by atoms with Crippen LogP contribution in [0.1, 0.15) is 30.4 Å². The molecular weight excluding hydrogens is 291 g/mol. The standard InChI is InChI=1S/C18H21FN4/c1-13-9-15(19)10-16-17(13)22-12-14(11-20)18(16)21-5-8-23-6-3-2-4-7-23/h9-10,12H,2-8H2,1H3,(H,21,22). The van der Waals surface area contributed by atoms with Gasteiger partial charge in [0.15, 0.2) is 0 Å². The molecule has 4 nitrogen and oxygen atoms in total. The zero-order valence-corrected chi connectivity index (χ0v) is 13.4. The molecule has 1 aliphatic rings. The highest BCUT2D eigenvalue weighted by atomic mass is 19.1. The molecule has 1 aromatic heterocycles. The highest BCUT2D eigenvalue weighted by Crippen LogP contribution is 2.28. The molecule has 2 aromatic rings. The molecule has 120 valence electrons. The minimum Gasteiger partial charge on any atom is -0.382 e. The molecule has 1 fully saturated rings. The van der Waals surface area contributed by atoms with Crippen molar-refractivity contribution in [3.05, 3.63) is 35.3 Å². The number of nitriles is 1. The molecule has 0 amide bonds. The molecule has 0 aliphatic carbocycles. The predicted molar refractivity (Wildman–Crippen MR) is 89.9 cm³/mol. The first-order valence-electron chi connectivity index (χ1n) is 8.14. The van der Waals surface area contributed by atoms with E-state index < -0.39 is 0 Å². The summed E-state index contributed by atoms with van der Waals surface area (Å²) in [6.07, 6.45) is 5.39. The second-order valence-electron chi connectivity index (χ2n) is 6.11. The zero-order chi connectivity index (χ0) is 16.2. The summed E-state index contributed by atoms with van der Waals surface area (Å²) < 4.78 is 13.8. The van der Waals surface area contributed by atoms with Crippen molar-refractivity contribution in [3.63, 3.8) is 0 Å². The van der Waals surface area contributed by atoms with Gasteiger partial charge in [-0.1, -0.05) is 6.42 Å². The lowest BCUT2D eigenvalue weighted by Crippen LogP contribution is -2.33. The SMILES string of the molecule is Cc1cc(F)cc2c(NCCN3CCCCC3)c(C#N)cnc12. The summed E-state index contributed by atoms with van der Waals surface area (Å²) >= 11 is 0. The van der Waals surface area contributed by atoms with Crippen molar-refractivity contribution in [2.45, 2.75) is 26.2 Å². The van der Waals surface area contributed by atoms with Crippen molar-refractivity contribution in [3.8, 4) is 6.07 Å². The van der Waals surface area contributed by atoms with Gasteiger partial charge in [0, 0.05) is 24.7 Å². The molecule has 5 heteroatoms. The maximum atomic E-state index is 13.8. The number of fused-ring (bicyclic) bond motifs is 1. The summed E-state index contributed by atoms with van der Waals surface area (Å²) in [4.78, 5) is 6.74. The third-order valence-corrected chi connectivity index (χ3v) is 4.43. The molecule has 1 aliphatic heterocycles. The minimum absolute atomic E-state index is 0.300. The molecule has 0 radical (unpaired) electrons. The van der Waals surface area contributed by atoms with Gasteiger partial charge in [0.1, 0.15) is 11.9 Å². The third-order valence-electron chi connectivity index (χ3n) is 4.43. The second-order valence-corrected chi connectivity index (χ2v) is 6.11. The van der Waals surface area contributed by atoms with Crippen LogP contribution in [0.4, 0.5) is 10.1 Å². The Morgan fingerprint density at radius 3 is 2.83 bits per heavy atom. The van der Waals surface area contributed by atoms with E-state index in [1.54, 1.807) is 6.20 Å². The summed E-state index contributed by atoms with van der Waals surface area (Å²) in [6.45, 7) is 5.78. The van der Waals surface area contributed by atoms with Crippen LogP contribution in [0.15, 0.2) is 18.3 Å². The summed E-state index contributed by atoms with van der Waals surface area (Å²) in [7, 11) is 0. The smallest absolute Gasteiger partial charge is 0.124 e. The normalized spacial score (nSPS) is 15.5. The Kier molecular flexibility index (Phi) is 4.73. The first-order valence-corrected chi connectivity index (χ1v) is 8.14. The summed E-state index contributed by atoms with van der Waals surface area (Å²) in [6, 6.07) is 5.08. The minimum atomic E-state index is -0.300. The highest BCUT2D eigenvalue weighted by molar-refractivity contribution is 5.95. The van der Waals surface area contributed by atoms with Crippen LogP contribution in [-0.2, 0) is 0 Å². The maximum Gasteiger partial charge on any atom is 0.124 e. The molecule has 0 unspecified atom stereocenters. The van der Waals surface area contributed by atoms with Gasteiger partial charge in [-0.15, -0.1) is 0 Å². The van der Waals surface area contributed by atoms with Gasteiger partial charge in [0.05, 0.1) is 16.8 Å². The number of benzene rings is 1. The topological polar surface area (TPSA) is 52.0 Å². The fraction of sp³-hybridized carbons (Fsp3) is 0.444. The quantitative estimate of drug-likeness (QED) is 0.939. The van der Waals surface area contributed by atoms with E-state index in [1.165, 1.54) is 31.4 Å². The molecular formula is C18H21FN4. The average Bonchev–Trinajstić information content (AvgIpc) is 2.56. The monoisotopic (exact) mass is 312 g/mol. The van der Waals surface area contributed by atoms with Crippen molar-refractivity contribution in [2.24, 2.45) is 0 Å². The van der Waals surface area contributed by atoms with E-state index in [1.807, 2.05) is 6.92 Å². The van der Waals surface area contributed by atoms with Gasteiger partial charge in [0.25, 0.3) is 0 Å². The molecule has 0 saturated carbocycles. The summed E-state index contributed by atoms with van der Waals surface area (Å²) in [5.41, 5.74) is 2.67. The molecule has 0 atom stereocenters. The van der Waals surface area contributed by atoms with E-state index in [9.17, 15) is 9.65 Å². The molecule has 1 aromatic carbocycles. The van der Waals surface area contributed by atoms with Gasteiger partial charge < -0.3 is 10.2 Å². The van der Waals surface area contributed by atoms with Crippen molar-refractivity contribution < 1.29 is 4.39 Å². The van der Waals surface area contributed by atoms with Crippen LogP contribution in [-0.4, -0.2) is 36.1 Å². The fourth-order valence-corrected chi connectivity index (χ4v) is 3.23. The van der Waals surface area contributed by atoms with E-state index >= 15 is 0 Å². The van der Waals surface area contributed by atoms with Crippen molar-refractivity contribution >= 4 is 16.6 Å². The number of aryl methyl sites for hydroxylation is 1. The molecule has 23 heavy (non-hydrogen) atoms. The Hall–Kier alpha value is -2.19. The lowest BCUT2D eigenvalue weighted by atomic mass is 10.1. The lowest BCUT2D eigenvalue weighted by Gasteiger charge is -2.26. The zero-order valence-electron chi connectivity index (χ0n) is 13.4. The van der Waals surface area contributed by atoms with Crippen LogP contribution in [0.25, 0.3) is 10.9 Å². The molecule has 0 bridgehead atoms. The first kappa shape index (κ1) is 15.7. The number of likely N-dealkylation sites (tertiary alicyclic amines) is 1. The summed E-state index contributed by atoms with van der Waals surface area (Å²) in [5.74, 6) is -0.300. The number of pyridine rings is 1. The van der Waals surface area contributed by atoms with E-state index in [-0.39, 0.29) is 5.82 Å². The highest BCUT2D eigenvalue weighted by Gasteiger charge is 2.13. The van der Waals surface area contributed by atoms with Crippen LogP contribution in [0, 0.1) is 24.1 Å². The summed E-state index contributed by atoms with van der Waals surface area (Å²) in [5, 5.41) is 13.3. The number of hydrogen-bond acceptors (Lipinski definition) is 4. The van der Waals surface area contributed by atoms with E-state index in [0.29, 0.717) is 16.6 Å². The van der Waals surface area contributed by atoms with E-state index in [2.05, 4.69) is 21.3 Å². The molecule has 3 rings (SSSR count). The van der Waals surface area contributed by atoms with Gasteiger partial charge in [0.2, 0.25) is 0 Å². The van der Waals surface area contributed by atoms with Gasteiger partial charge >= 0.3 is 0 Å². The Morgan fingerprint density at radius 2 is 2.09 bits per heavy atom. The van der Waals surface area contributed by atoms with Crippen LogP contribution in [0.5, 0.6) is 0 Å². The van der Waals surface area contributed by atoms with Crippen LogP contribution < -0.4 is 5.32 Å². The largest absolute Gasteiger partial charge is 0.382 e. The van der Waals surface area contributed by atoms with Gasteiger partial charge in [-0.3, -0.25) is 4.98 Å². The maximum absolute atomic E-state index is 13.8. The first-order chi connectivity index (χ1) is 11.2. The lowest BCUT2D eigenvalue weighted by molar-refractivity contribution is 0.237. The number of piperidine rings is 1. The number of halogens is 1. The Balaban J connectivity index is 1.84. The Bertz CT molecular complexity index is 745. The van der Waals surface area contributed by atoms with Crippen molar-refractivity contribution in [2.75, 3.05) is 31.5 Å². The van der Waals surface area contributed by atoms with Crippen LogP contribution >= 0.6 is 0 Å². The second kappa shape index (κ2) is 6.93. The molecule has 2 heterocycles. The average molecular weight is 312 g/mol. The number of nitrogens with one attached hydrogen (secondary N) is 1. The van der Waals surface area contributed by atoms with E-state index in [0.717, 1.165) is 37.3 Å². The third kappa shape index (κ3) is 3.43. The number of nitrogens with zero attached hydrogens (tertiary/aromatic N) is 3.